The second kappa shape index (κ2) is 4.71. The normalized spacial score (nSPS) is 17.0. The van der Waals surface area contributed by atoms with Gasteiger partial charge in [0, 0.05) is 23.7 Å². The summed E-state index contributed by atoms with van der Waals surface area (Å²) in [4.78, 5) is 11.3. The summed E-state index contributed by atoms with van der Waals surface area (Å²) in [6, 6.07) is 6.24. The Hall–Kier alpha value is -1.39. The van der Waals surface area contributed by atoms with Crippen molar-refractivity contribution in [2.45, 2.75) is 38.3 Å². The molecular formula is C14H21N3O. The zero-order chi connectivity index (χ0) is 13.3. The fourth-order valence-electron chi connectivity index (χ4n) is 2.55. The lowest BCUT2D eigenvalue weighted by atomic mass is 9.87. The van der Waals surface area contributed by atoms with Crippen LogP contribution in [0.1, 0.15) is 37.4 Å². The van der Waals surface area contributed by atoms with Gasteiger partial charge in [-0.3, -0.25) is 4.79 Å². The Labute approximate surface area is 108 Å². The molecule has 1 heterocycles. The summed E-state index contributed by atoms with van der Waals surface area (Å²) in [6.07, 6.45) is 1.36. The first-order chi connectivity index (χ1) is 8.41. The molecule has 4 heteroatoms. The lowest BCUT2D eigenvalue weighted by Crippen LogP contribution is -2.45. The van der Waals surface area contributed by atoms with Gasteiger partial charge in [0.05, 0.1) is 0 Å². The van der Waals surface area contributed by atoms with Crippen molar-refractivity contribution in [2.24, 2.45) is 5.73 Å². The quantitative estimate of drug-likeness (QED) is 0.759. The summed E-state index contributed by atoms with van der Waals surface area (Å²) in [5.74, 6) is 0.0968. The van der Waals surface area contributed by atoms with E-state index in [1.807, 2.05) is 33.0 Å². The van der Waals surface area contributed by atoms with Crippen LogP contribution in [0.25, 0.3) is 0 Å². The number of nitrogens with one attached hydrogen (secondary N) is 2. The van der Waals surface area contributed by atoms with Gasteiger partial charge in [0.2, 0.25) is 5.91 Å². The third-order valence-electron chi connectivity index (χ3n) is 3.39. The highest BCUT2D eigenvalue weighted by molar-refractivity contribution is 5.93. The van der Waals surface area contributed by atoms with E-state index in [2.05, 4.69) is 16.7 Å². The topological polar surface area (TPSA) is 67.2 Å². The van der Waals surface area contributed by atoms with E-state index < -0.39 is 0 Å². The van der Waals surface area contributed by atoms with Gasteiger partial charge in [-0.2, -0.15) is 0 Å². The average molecular weight is 247 g/mol. The number of benzene rings is 1. The zero-order valence-corrected chi connectivity index (χ0v) is 11.2. The Bertz CT molecular complexity index is 463. The number of rotatable bonds is 3. The number of nitrogens with two attached hydrogens (primary N) is 1. The Balaban J connectivity index is 2.34. The van der Waals surface area contributed by atoms with Crippen LogP contribution in [0.3, 0.4) is 0 Å². The van der Waals surface area contributed by atoms with Gasteiger partial charge in [-0.1, -0.05) is 12.1 Å². The third kappa shape index (κ3) is 2.54. The smallest absolute Gasteiger partial charge is 0.224 e. The van der Waals surface area contributed by atoms with Gasteiger partial charge < -0.3 is 16.4 Å². The van der Waals surface area contributed by atoms with E-state index in [-0.39, 0.29) is 17.5 Å². The van der Waals surface area contributed by atoms with Crippen LogP contribution in [0.2, 0.25) is 0 Å². The maximum absolute atomic E-state index is 11.3. The molecule has 0 bridgehead atoms. The lowest BCUT2D eigenvalue weighted by Gasteiger charge is -2.31. The first kappa shape index (κ1) is 13.1. The lowest BCUT2D eigenvalue weighted by molar-refractivity contribution is -0.116. The molecule has 1 amide bonds. The van der Waals surface area contributed by atoms with Crippen molar-refractivity contribution in [3.63, 3.8) is 0 Å². The molecule has 1 atom stereocenters. The van der Waals surface area contributed by atoms with Gasteiger partial charge in [-0.25, -0.2) is 0 Å². The maximum Gasteiger partial charge on any atom is 0.224 e. The van der Waals surface area contributed by atoms with Crippen LogP contribution < -0.4 is 16.4 Å². The van der Waals surface area contributed by atoms with Gasteiger partial charge in [-0.05, 0) is 44.5 Å². The van der Waals surface area contributed by atoms with Crippen molar-refractivity contribution in [3.05, 3.63) is 29.3 Å². The summed E-state index contributed by atoms with van der Waals surface area (Å²) in [6.45, 7) is 4.02. The second-order valence-electron chi connectivity index (χ2n) is 5.51. The summed E-state index contributed by atoms with van der Waals surface area (Å²) in [7, 11) is 1.92. The predicted octanol–water partition coefficient (Wildman–Crippen LogP) is 1.57. The fourth-order valence-corrected chi connectivity index (χ4v) is 2.55. The first-order valence-electron chi connectivity index (χ1n) is 6.30. The largest absolute Gasteiger partial charge is 0.326 e. The number of carbonyl (C=O) groups is 1. The van der Waals surface area contributed by atoms with E-state index >= 15 is 0 Å². The number of likely N-dealkylation sites (N-methyl/N-ethyl adjacent to an activating group) is 1. The highest BCUT2D eigenvalue weighted by Crippen LogP contribution is 2.29. The summed E-state index contributed by atoms with van der Waals surface area (Å²) < 4.78 is 0. The molecule has 0 aliphatic carbocycles. The third-order valence-corrected chi connectivity index (χ3v) is 3.39. The Morgan fingerprint density at radius 3 is 2.72 bits per heavy atom. The monoisotopic (exact) mass is 247 g/mol. The molecule has 18 heavy (non-hydrogen) atoms. The van der Waals surface area contributed by atoms with Crippen molar-refractivity contribution in [1.82, 2.24) is 5.32 Å². The Morgan fingerprint density at radius 2 is 2.11 bits per heavy atom. The van der Waals surface area contributed by atoms with Gasteiger partial charge >= 0.3 is 0 Å². The van der Waals surface area contributed by atoms with Crippen molar-refractivity contribution in [3.8, 4) is 0 Å². The number of aryl methyl sites for hydroxylation is 1. The molecule has 98 valence electrons. The minimum atomic E-state index is -0.332. The Morgan fingerprint density at radius 1 is 1.39 bits per heavy atom. The SMILES string of the molecule is CNC(c1ccc2c(c1)CCC(=O)N2)C(C)(C)N. The van der Waals surface area contributed by atoms with Crippen LogP contribution in [0.5, 0.6) is 0 Å². The van der Waals surface area contributed by atoms with Crippen LogP contribution >= 0.6 is 0 Å². The number of hydrogen-bond acceptors (Lipinski definition) is 3. The van der Waals surface area contributed by atoms with Crippen LogP contribution in [0.15, 0.2) is 18.2 Å². The molecule has 2 rings (SSSR count). The molecule has 0 spiro atoms. The molecule has 1 aliphatic rings. The zero-order valence-electron chi connectivity index (χ0n) is 11.2. The average Bonchev–Trinajstić information content (AvgIpc) is 2.28. The van der Waals surface area contributed by atoms with E-state index in [0.717, 1.165) is 12.1 Å². The van der Waals surface area contributed by atoms with Crippen LogP contribution in [-0.2, 0) is 11.2 Å². The molecule has 1 unspecified atom stereocenters. The van der Waals surface area contributed by atoms with E-state index in [0.29, 0.717) is 6.42 Å². The van der Waals surface area contributed by atoms with Crippen LogP contribution in [0, 0.1) is 0 Å². The number of hydrogen-bond donors (Lipinski definition) is 3. The van der Waals surface area contributed by atoms with E-state index in [1.54, 1.807) is 0 Å². The fraction of sp³-hybridized carbons (Fsp3) is 0.500. The predicted molar refractivity (Wildman–Crippen MR) is 73.5 cm³/mol. The number of carbonyl (C=O) groups excluding carboxylic acids is 1. The minimum absolute atomic E-state index is 0.0968. The van der Waals surface area contributed by atoms with Crippen molar-refractivity contribution >= 4 is 11.6 Å². The van der Waals surface area contributed by atoms with Gasteiger partial charge in [0.1, 0.15) is 0 Å². The molecule has 4 nitrogen and oxygen atoms in total. The summed E-state index contributed by atoms with van der Waals surface area (Å²) in [5, 5.41) is 6.15. The standard InChI is InChI=1S/C14H21N3O/c1-14(2,15)13(16-3)10-4-6-11-9(8-10)5-7-12(18)17-11/h4,6,8,13,16H,5,7,15H2,1-3H3,(H,17,18). The molecule has 4 N–H and O–H groups in total. The minimum Gasteiger partial charge on any atom is -0.326 e. The van der Waals surface area contributed by atoms with Crippen LogP contribution in [-0.4, -0.2) is 18.5 Å². The summed E-state index contributed by atoms with van der Waals surface area (Å²) >= 11 is 0. The molecule has 0 fully saturated rings. The van der Waals surface area contributed by atoms with E-state index in [1.165, 1.54) is 11.1 Å². The number of amides is 1. The summed E-state index contributed by atoms with van der Waals surface area (Å²) in [5.41, 5.74) is 9.14. The molecule has 0 saturated heterocycles. The van der Waals surface area contributed by atoms with Gasteiger partial charge in [0.25, 0.3) is 0 Å². The number of fused-ring (bicyclic) bond motifs is 1. The maximum atomic E-state index is 11.3. The highest BCUT2D eigenvalue weighted by Gasteiger charge is 2.26. The van der Waals surface area contributed by atoms with Crippen molar-refractivity contribution < 1.29 is 4.79 Å². The Kier molecular flexibility index (Phi) is 3.41. The molecule has 0 aromatic heterocycles. The second-order valence-corrected chi connectivity index (χ2v) is 5.51. The van der Waals surface area contributed by atoms with Crippen molar-refractivity contribution in [2.75, 3.05) is 12.4 Å². The van der Waals surface area contributed by atoms with Gasteiger partial charge in [0.15, 0.2) is 0 Å². The highest BCUT2D eigenvalue weighted by atomic mass is 16.1. The van der Waals surface area contributed by atoms with E-state index in [9.17, 15) is 4.79 Å². The van der Waals surface area contributed by atoms with Crippen molar-refractivity contribution in [1.29, 1.82) is 0 Å². The molecule has 1 aliphatic heterocycles. The molecule has 0 saturated carbocycles. The van der Waals surface area contributed by atoms with Gasteiger partial charge in [-0.15, -0.1) is 0 Å². The number of anilines is 1. The molecular weight excluding hydrogens is 226 g/mol. The van der Waals surface area contributed by atoms with Crippen LogP contribution in [0.4, 0.5) is 5.69 Å². The molecule has 1 aromatic carbocycles. The first-order valence-corrected chi connectivity index (χ1v) is 6.30. The molecule has 0 radical (unpaired) electrons. The van der Waals surface area contributed by atoms with E-state index in [4.69, 9.17) is 5.73 Å². The molecule has 1 aromatic rings.